The Morgan fingerprint density at radius 3 is 2.81 bits per heavy atom. The van der Waals surface area contributed by atoms with Gasteiger partial charge in [-0.2, -0.15) is 0 Å². The van der Waals surface area contributed by atoms with Gasteiger partial charge in [-0.25, -0.2) is 4.98 Å². The molecule has 0 bridgehead atoms. The van der Waals surface area contributed by atoms with E-state index in [1.165, 1.54) is 11.5 Å². The molecule has 7 heteroatoms. The molecule has 2 aromatic heterocycles. The number of hydrogen-bond donors (Lipinski definition) is 2. The molecule has 2 aromatic rings. The van der Waals surface area contributed by atoms with Crippen LogP contribution in [0.4, 0.5) is 0 Å². The van der Waals surface area contributed by atoms with Crippen molar-refractivity contribution in [3.63, 3.8) is 0 Å². The number of imidazole rings is 1. The highest BCUT2D eigenvalue weighted by atomic mass is 32.1. The van der Waals surface area contributed by atoms with Gasteiger partial charge in [-0.1, -0.05) is 32.2 Å². The molecule has 21 heavy (non-hydrogen) atoms. The van der Waals surface area contributed by atoms with Crippen LogP contribution in [0.2, 0.25) is 0 Å². The molecule has 0 aromatic carbocycles. The van der Waals surface area contributed by atoms with Gasteiger partial charge in [0.1, 0.15) is 5.82 Å². The minimum atomic E-state index is -0.0454. The van der Waals surface area contributed by atoms with Crippen molar-refractivity contribution in [1.29, 1.82) is 0 Å². The first-order chi connectivity index (χ1) is 9.97. The number of nitrogens with two attached hydrogens (primary N) is 1. The summed E-state index contributed by atoms with van der Waals surface area (Å²) in [5, 5.41) is 4.29. The fourth-order valence-corrected chi connectivity index (χ4v) is 3.25. The van der Waals surface area contributed by atoms with E-state index in [2.05, 4.69) is 52.3 Å². The Morgan fingerprint density at radius 2 is 2.19 bits per heavy atom. The third-order valence-corrected chi connectivity index (χ3v) is 4.23. The second-order valence-corrected chi connectivity index (χ2v) is 6.98. The van der Waals surface area contributed by atoms with E-state index in [1.807, 2.05) is 12.4 Å². The lowest BCUT2D eigenvalue weighted by Gasteiger charge is -2.21. The Labute approximate surface area is 129 Å². The summed E-state index contributed by atoms with van der Waals surface area (Å²) in [6, 6.07) is -0.0165. The second kappa shape index (κ2) is 6.64. The molecule has 116 valence electrons. The van der Waals surface area contributed by atoms with E-state index in [1.54, 1.807) is 0 Å². The standard InChI is InChI=1S/C14H24N6S/c1-5-7-20-8-6-16-11(20)9-10(17-15)12-13(14(2,3)4)18-19-21-12/h6,8,10,17H,5,7,9,15H2,1-4H3. The molecule has 0 spiro atoms. The molecule has 0 fully saturated rings. The highest BCUT2D eigenvalue weighted by molar-refractivity contribution is 7.05. The maximum atomic E-state index is 5.78. The third kappa shape index (κ3) is 3.66. The van der Waals surface area contributed by atoms with Gasteiger partial charge < -0.3 is 4.57 Å². The molecule has 0 radical (unpaired) electrons. The van der Waals surface area contributed by atoms with Gasteiger partial charge in [0.25, 0.3) is 0 Å². The van der Waals surface area contributed by atoms with Gasteiger partial charge in [0.2, 0.25) is 0 Å². The first kappa shape index (κ1) is 16.1. The lowest BCUT2D eigenvalue weighted by atomic mass is 9.89. The lowest BCUT2D eigenvalue weighted by molar-refractivity contribution is 0.497. The average Bonchev–Trinajstić information content (AvgIpc) is 3.04. The summed E-state index contributed by atoms with van der Waals surface area (Å²) in [6.07, 6.45) is 5.67. The number of aryl methyl sites for hydroxylation is 1. The quantitative estimate of drug-likeness (QED) is 0.631. The maximum absolute atomic E-state index is 5.78. The van der Waals surface area contributed by atoms with Crippen LogP contribution in [0, 0.1) is 0 Å². The van der Waals surface area contributed by atoms with E-state index in [0.717, 1.165) is 35.8 Å². The zero-order valence-corrected chi connectivity index (χ0v) is 13.9. The van der Waals surface area contributed by atoms with Crippen LogP contribution in [0.5, 0.6) is 0 Å². The highest BCUT2D eigenvalue weighted by Gasteiger charge is 2.27. The fourth-order valence-electron chi connectivity index (χ4n) is 2.33. The lowest BCUT2D eigenvalue weighted by Crippen LogP contribution is -2.31. The summed E-state index contributed by atoms with van der Waals surface area (Å²) in [7, 11) is 0. The zero-order chi connectivity index (χ0) is 15.5. The van der Waals surface area contributed by atoms with Crippen LogP contribution in [0.15, 0.2) is 12.4 Å². The Kier molecular flexibility index (Phi) is 5.08. The first-order valence-electron chi connectivity index (χ1n) is 7.26. The number of nitrogens with one attached hydrogen (secondary N) is 1. The molecule has 2 rings (SSSR count). The molecule has 0 saturated heterocycles. The Morgan fingerprint density at radius 1 is 1.43 bits per heavy atom. The Balaban J connectivity index is 2.25. The largest absolute Gasteiger partial charge is 0.335 e. The van der Waals surface area contributed by atoms with Crippen molar-refractivity contribution in [1.82, 2.24) is 24.6 Å². The van der Waals surface area contributed by atoms with Crippen LogP contribution < -0.4 is 11.3 Å². The molecule has 3 N–H and O–H groups in total. The van der Waals surface area contributed by atoms with E-state index >= 15 is 0 Å². The van der Waals surface area contributed by atoms with Crippen molar-refractivity contribution in [3.05, 3.63) is 28.8 Å². The molecular formula is C14H24N6S. The molecule has 0 saturated carbocycles. The monoisotopic (exact) mass is 308 g/mol. The molecule has 6 nitrogen and oxygen atoms in total. The summed E-state index contributed by atoms with van der Waals surface area (Å²) >= 11 is 1.41. The first-order valence-corrected chi connectivity index (χ1v) is 8.03. The van der Waals surface area contributed by atoms with Gasteiger partial charge in [0.05, 0.1) is 16.6 Å². The Bertz CT molecular complexity index is 568. The van der Waals surface area contributed by atoms with Gasteiger partial charge in [-0.15, -0.1) is 5.10 Å². The van der Waals surface area contributed by atoms with Gasteiger partial charge >= 0.3 is 0 Å². The van der Waals surface area contributed by atoms with Crippen LogP contribution in [-0.2, 0) is 18.4 Å². The predicted octanol–water partition coefficient (Wildman–Crippen LogP) is 2.19. The van der Waals surface area contributed by atoms with Crippen molar-refractivity contribution in [3.8, 4) is 0 Å². The number of aromatic nitrogens is 4. The van der Waals surface area contributed by atoms with Crippen LogP contribution in [0.3, 0.4) is 0 Å². The van der Waals surface area contributed by atoms with Crippen molar-refractivity contribution in [2.24, 2.45) is 5.84 Å². The number of nitrogens with zero attached hydrogens (tertiary/aromatic N) is 4. The SMILES string of the molecule is CCCn1ccnc1CC(NN)c1snnc1C(C)(C)C. The molecular weight excluding hydrogens is 284 g/mol. The molecule has 2 heterocycles. The van der Waals surface area contributed by atoms with Gasteiger partial charge in [-0.05, 0) is 18.0 Å². The zero-order valence-electron chi connectivity index (χ0n) is 13.1. The second-order valence-electron chi connectivity index (χ2n) is 6.20. The minimum absolute atomic E-state index is 0.0165. The number of hydrogen-bond acceptors (Lipinski definition) is 6. The van der Waals surface area contributed by atoms with Crippen molar-refractivity contribution in [2.75, 3.05) is 0 Å². The maximum Gasteiger partial charge on any atom is 0.110 e. The summed E-state index contributed by atoms with van der Waals surface area (Å²) in [6.45, 7) is 9.55. The summed E-state index contributed by atoms with van der Waals surface area (Å²) in [4.78, 5) is 5.55. The predicted molar refractivity (Wildman–Crippen MR) is 84.9 cm³/mol. The molecule has 0 amide bonds. The third-order valence-electron chi connectivity index (χ3n) is 3.39. The van der Waals surface area contributed by atoms with Gasteiger partial charge in [0.15, 0.2) is 0 Å². The summed E-state index contributed by atoms with van der Waals surface area (Å²) in [5.74, 6) is 6.82. The van der Waals surface area contributed by atoms with Crippen LogP contribution in [-0.4, -0.2) is 19.1 Å². The van der Waals surface area contributed by atoms with E-state index in [0.29, 0.717) is 0 Å². The van der Waals surface area contributed by atoms with E-state index in [-0.39, 0.29) is 11.5 Å². The molecule has 1 unspecified atom stereocenters. The normalized spacial score (nSPS) is 13.6. The molecule has 0 aliphatic carbocycles. The van der Waals surface area contributed by atoms with E-state index < -0.39 is 0 Å². The van der Waals surface area contributed by atoms with Gasteiger partial charge in [0, 0.05) is 30.8 Å². The van der Waals surface area contributed by atoms with Crippen molar-refractivity contribution in [2.45, 2.75) is 58.5 Å². The van der Waals surface area contributed by atoms with Crippen LogP contribution in [0.1, 0.15) is 56.6 Å². The minimum Gasteiger partial charge on any atom is -0.335 e. The number of rotatable bonds is 6. The van der Waals surface area contributed by atoms with Crippen molar-refractivity contribution < 1.29 is 0 Å². The van der Waals surface area contributed by atoms with Crippen LogP contribution >= 0.6 is 11.5 Å². The number of hydrazine groups is 1. The van der Waals surface area contributed by atoms with Gasteiger partial charge in [-0.3, -0.25) is 11.3 Å². The topological polar surface area (TPSA) is 81.7 Å². The van der Waals surface area contributed by atoms with E-state index in [9.17, 15) is 0 Å². The summed E-state index contributed by atoms with van der Waals surface area (Å²) < 4.78 is 6.29. The molecule has 0 aliphatic heterocycles. The average molecular weight is 308 g/mol. The fraction of sp³-hybridized carbons (Fsp3) is 0.643. The highest BCUT2D eigenvalue weighted by Crippen LogP contribution is 2.31. The molecule has 1 atom stereocenters. The van der Waals surface area contributed by atoms with Crippen LogP contribution in [0.25, 0.3) is 0 Å². The van der Waals surface area contributed by atoms with Crippen molar-refractivity contribution >= 4 is 11.5 Å². The van der Waals surface area contributed by atoms with E-state index in [4.69, 9.17) is 5.84 Å². The smallest absolute Gasteiger partial charge is 0.110 e. The summed E-state index contributed by atoms with van der Waals surface area (Å²) in [5.41, 5.74) is 3.86. The molecule has 0 aliphatic rings. The Hall–Kier alpha value is -1.31.